The molecule has 0 aliphatic carbocycles. The summed E-state index contributed by atoms with van der Waals surface area (Å²) < 4.78 is 43.3. The summed E-state index contributed by atoms with van der Waals surface area (Å²) >= 11 is 5.50. The van der Waals surface area contributed by atoms with Gasteiger partial charge >= 0.3 is 6.18 Å². The Kier molecular flexibility index (Phi) is 3.95. The molecule has 1 aromatic heterocycles. The maximum atomic E-state index is 12.7. The molecule has 112 valence electrons. The highest BCUT2D eigenvalue weighted by molar-refractivity contribution is 6.31. The molecule has 0 bridgehead atoms. The number of hydrogen-bond acceptors (Lipinski definition) is 3. The largest absolute Gasteiger partial charge is 0.436 e. The van der Waals surface area contributed by atoms with Gasteiger partial charge in [0, 0.05) is 12.6 Å². The molecular formula is C13H10ClF3N2O2. The number of nitrogens with one attached hydrogen (secondary N) is 1. The fourth-order valence-electron chi connectivity index (χ4n) is 1.75. The lowest BCUT2D eigenvalue weighted by atomic mass is 10.2. The average molecular weight is 319 g/mol. The van der Waals surface area contributed by atoms with Crippen molar-refractivity contribution in [1.82, 2.24) is 4.98 Å². The molecule has 0 spiro atoms. The van der Waals surface area contributed by atoms with Crippen molar-refractivity contribution in [3.63, 3.8) is 0 Å². The third kappa shape index (κ3) is 3.36. The number of benzene rings is 1. The van der Waals surface area contributed by atoms with Crippen LogP contribution in [0, 0.1) is 13.8 Å². The molecule has 8 heteroatoms. The lowest BCUT2D eigenvalue weighted by Crippen LogP contribution is -2.13. The van der Waals surface area contributed by atoms with Crippen LogP contribution in [0.5, 0.6) is 0 Å². The number of hydrogen-bond donors (Lipinski definition) is 1. The SMILES string of the molecule is Cc1nc(C)c(C(=O)Nc2ccc(Cl)c(C(F)(F)F)c2)o1. The van der Waals surface area contributed by atoms with Gasteiger partial charge in [0.1, 0.15) is 0 Å². The van der Waals surface area contributed by atoms with E-state index in [0.29, 0.717) is 11.6 Å². The third-order valence-electron chi connectivity index (χ3n) is 2.64. The minimum Gasteiger partial charge on any atom is -0.436 e. The van der Waals surface area contributed by atoms with Crippen LogP contribution in [-0.4, -0.2) is 10.9 Å². The molecule has 21 heavy (non-hydrogen) atoms. The van der Waals surface area contributed by atoms with Gasteiger partial charge in [-0.1, -0.05) is 11.6 Å². The summed E-state index contributed by atoms with van der Waals surface area (Å²) in [6.07, 6.45) is -4.60. The number of rotatable bonds is 2. The molecular weight excluding hydrogens is 309 g/mol. The van der Waals surface area contributed by atoms with Gasteiger partial charge in [0.05, 0.1) is 16.3 Å². The molecule has 1 heterocycles. The molecule has 0 saturated carbocycles. The van der Waals surface area contributed by atoms with E-state index in [1.165, 1.54) is 6.07 Å². The number of amides is 1. The zero-order valence-corrected chi connectivity index (χ0v) is 11.8. The maximum Gasteiger partial charge on any atom is 0.417 e. The van der Waals surface area contributed by atoms with Crippen molar-refractivity contribution in [3.8, 4) is 0 Å². The molecule has 0 aliphatic rings. The van der Waals surface area contributed by atoms with Crippen molar-refractivity contribution in [2.75, 3.05) is 5.32 Å². The van der Waals surface area contributed by atoms with Crippen LogP contribution in [0.15, 0.2) is 22.6 Å². The van der Waals surface area contributed by atoms with Gasteiger partial charge in [-0.25, -0.2) is 4.98 Å². The first kappa shape index (κ1) is 15.4. The van der Waals surface area contributed by atoms with Crippen molar-refractivity contribution in [2.45, 2.75) is 20.0 Å². The quantitative estimate of drug-likeness (QED) is 0.902. The second-order valence-corrected chi connectivity index (χ2v) is 4.70. The van der Waals surface area contributed by atoms with E-state index in [1.807, 2.05) is 0 Å². The van der Waals surface area contributed by atoms with Gasteiger partial charge in [0.15, 0.2) is 5.89 Å². The zero-order chi connectivity index (χ0) is 15.8. The van der Waals surface area contributed by atoms with Crippen LogP contribution in [0.2, 0.25) is 5.02 Å². The number of oxazole rings is 1. The first-order chi connectivity index (χ1) is 9.68. The normalized spacial score (nSPS) is 11.5. The van der Waals surface area contributed by atoms with Gasteiger partial charge in [-0.3, -0.25) is 4.79 Å². The van der Waals surface area contributed by atoms with Crippen molar-refractivity contribution >= 4 is 23.2 Å². The van der Waals surface area contributed by atoms with Gasteiger partial charge in [-0.2, -0.15) is 13.2 Å². The van der Waals surface area contributed by atoms with Crippen LogP contribution in [0.3, 0.4) is 0 Å². The van der Waals surface area contributed by atoms with Crippen LogP contribution in [0.1, 0.15) is 27.7 Å². The predicted molar refractivity (Wildman–Crippen MR) is 70.4 cm³/mol. The Morgan fingerprint density at radius 1 is 1.33 bits per heavy atom. The topological polar surface area (TPSA) is 55.1 Å². The molecule has 4 nitrogen and oxygen atoms in total. The Bertz CT molecular complexity index is 695. The second kappa shape index (κ2) is 5.40. The van der Waals surface area contributed by atoms with Crippen molar-refractivity contribution < 1.29 is 22.4 Å². The summed E-state index contributed by atoms with van der Waals surface area (Å²) in [5.74, 6) is -0.427. The molecule has 1 amide bonds. The first-order valence-corrected chi connectivity index (χ1v) is 6.18. The number of carbonyl (C=O) groups is 1. The highest BCUT2D eigenvalue weighted by Gasteiger charge is 2.33. The van der Waals surface area contributed by atoms with Gasteiger partial charge < -0.3 is 9.73 Å². The van der Waals surface area contributed by atoms with E-state index in [0.717, 1.165) is 12.1 Å². The standard InChI is InChI=1S/C13H10ClF3N2O2/c1-6-11(21-7(2)18-6)12(20)19-8-3-4-10(14)9(5-8)13(15,16)17/h3-5H,1-2H3,(H,19,20). The molecule has 0 atom stereocenters. The Hall–Kier alpha value is -2.02. The zero-order valence-electron chi connectivity index (χ0n) is 11.0. The highest BCUT2D eigenvalue weighted by atomic mass is 35.5. The van der Waals surface area contributed by atoms with Crippen molar-refractivity contribution in [2.24, 2.45) is 0 Å². The lowest BCUT2D eigenvalue weighted by Gasteiger charge is -2.11. The van der Waals surface area contributed by atoms with Crippen molar-refractivity contribution in [1.29, 1.82) is 0 Å². The van der Waals surface area contributed by atoms with Crippen molar-refractivity contribution in [3.05, 3.63) is 46.1 Å². The fraction of sp³-hybridized carbons (Fsp3) is 0.231. The number of anilines is 1. The van der Waals surface area contributed by atoms with Crippen LogP contribution >= 0.6 is 11.6 Å². The Morgan fingerprint density at radius 3 is 2.52 bits per heavy atom. The second-order valence-electron chi connectivity index (χ2n) is 4.29. The van der Waals surface area contributed by atoms with E-state index >= 15 is 0 Å². The molecule has 2 aromatic rings. The Morgan fingerprint density at radius 2 is 2.00 bits per heavy atom. The molecule has 1 aromatic carbocycles. The third-order valence-corrected chi connectivity index (χ3v) is 2.97. The number of carbonyl (C=O) groups excluding carboxylic acids is 1. The number of halogens is 4. The van der Waals surface area contributed by atoms with Gasteiger partial charge in [0.25, 0.3) is 5.91 Å². The maximum absolute atomic E-state index is 12.7. The van der Waals surface area contributed by atoms with E-state index in [2.05, 4.69) is 10.3 Å². The minimum atomic E-state index is -4.60. The Balaban J connectivity index is 2.28. The van der Waals surface area contributed by atoms with Crippen LogP contribution < -0.4 is 5.32 Å². The predicted octanol–water partition coefficient (Wildman–Crippen LogP) is 4.22. The molecule has 2 rings (SSSR count). The molecule has 1 N–H and O–H groups in total. The van der Waals surface area contributed by atoms with Crippen LogP contribution in [0.25, 0.3) is 0 Å². The van der Waals surface area contributed by atoms with Gasteiger partial charge in [-0.05, 0) is 25.1 Å². The van der Waals surface area contributed by atoms with E-state index in [-0.39, 0.29) is 11.4 Å². The first-order valence-electron chi connectivity index (χ1n) is 5.80. The summed E-state index contributed by atoms with van der Waals surface area (Å²) in [6.45, 7) is 3.13. The number of aromatic nitrogens is 1. The van der Waals surface area contributed by atoms with Crippen LogP contribution in [-0.2, 0) is 6.18 Å². The van der Waals surface area contributed by atoms with E-state index in [9.17, 15) is 18.0 Å². The summed E-state index contributed by atoms with van der Waals surface area (Å²) in [5, 5.41) is 1.88. The van der Waals surface area contributed by atoms with E-state index in [1.54, 1.807) is 13.8 Å². The average Bonchev–Trinajstić information content (AvgIpc) is 2.69. The monoisotopic (exact) mass is 318 g/mol. The summed E-state index contributed by atoms with van der Waals surface area (Å²) in [6, 6.07) is 3.10. The van der Waals surface area contributed by atoms with E-state index < -0.39 is 22.7 Å². The minimum absolute atomic E-state index is 0.0369. The summed E-state index contributed by atoms with van der Waals surface area (Å²) in [4.78, 5) is 15.9. The molecule has 0 saturated heterocycles. The molecule has 0 radical (unpaired) electrons. The highest BCUT2D eigenvalue weighted by Crippen LogP contribution is 2.36. The number of aryl methyl sites for hydroxylation is 2. The van der Waals surface area contributed by atoms with Crippen LogP contribution in [0.4, 0.5) is 18.9 Å². The smallest absolute Gasteiger partial charge is 0.417 e. The number of nitrogens with zero attached hydrogens (tertiary/aromatic N) is 1. The molecule has 0 unspecified atom stereocenters. The molecule has 0 aliphatic heterocycles. The summed E-state index contributed by atoms with van der Waals surface area (Å²) in [7, 11) is 0. The lowest BCUT2D eigenvalue weighted by molar-refractivity contribution is -0.137. The van der Waals surface area contributed by atoms with Gasteiger partial charge in [-0.15, -0.1) is 0 Å². The van der Waals surface area contributed by atoms with E-state index in [4.69, 9.17) is 16.0 Å². The molecule has 0 fully saturated rings. The van der Waals surface area contributed by atoms with Gasteiger partial charge in [0.2, 0.25) is 5.76 Å². The Labute approximate surface area is 122 Å². The summed E-state index contributed by atoms with van der Waals surface area (Å²) in [5.41, 5.74) is -0.701. The fourth-order valence-corrected chi connectivity index (χ4v) is 1.97. The number of alkyl halides is 3.